The van der Waals surface area contributed by atoms with Crippen LogP contribution in [0.5, 0.6) is 11.5 Å². The number of ether oxygens (including phenoxy) is 2. The second-order valence-corrected chi connectivity index (χ2v) is 11.4. The molecule has 1 aromatic carbocycles. The summed E-state index contributed by atoms with van der Waals surface area (Å²) in [5.41, 5.74) is 1.00. The lowest BCUT2D eigenvalue weighted by molar-refractivity contribution is -0.124. The average Bonchev–Trinajstić information content (AvgIpc) is 2.64. The molecular weight excluding hydrogens is 412 g/mol. The summed E-state index contributed by atoms with van der Waals surface area (Å²) >= 11 is 6.63. The van der Waals surface area contributed by atoms with E-state index in [0.717, 1.165) is 29.9 Å². The van der Waals surface area contributed by atoms with Crippen molar-refractivity contribution in [1.29, 1.82) is 0 Å². The van der Waals surface area contributed by atoms with Crippen molar-refractivity contribution in [1.82, 2.24) is 10.6 Å². The van der Waals surface area contributed by atoms with Gasteiger partial charge >= 0.3 is 0 Å². The highest BCUT2D eigenvalue weighted by molar-refractivity contribution is 6.31. The van der Waals surface area contributed by atoms with Crippen LogP contribution in [0.2, 0.25) is 5.02 Å². The molecule has 5 rings (SSSR count). The van der Waals surface area contributed by atoms with E-state index in [0.29, 0.717) is 23.1 Å². The van der Waals surface area contributed by atoms with Gasteiger partial charge in [0.15, 0.2) is 18.1 Å². The number of carbonyl (C=O) groups excluding carboxylic acids is 1. The Morgan fingerprint density at radius 2 is 1.65 bits per heavy atom. The van der Waals surface area contributed by atoms with E-state index in [9.17, 15) is 4.79 Å². The van der Waals surface area contributed by atoms with Gasteiger partial charge in [-0.25, -0.2) is 0 Å². The number of amides is 1. The minimum absolute atomic E-state index is 0.0709. The first kappa shape index (κ1) is 22.7. The second kappa shape index (κ2) is 8.82. The molecule has 4 bridgehead atoms. The first-order valence-electron chi connectivity index (χ1n) is 11.8. The molecule has 4 aliphatic rings. The monoisotopic (exact) mass is 448 g/mol. The van der Waals surface area contributed by atoms with Crippen molar-refractivity contribution >= 4 is 17.5 Å². The van der Waals surface area contributed by atoms with Gasteiger partial charge in [-0.3, -0.25) is 4.79 Å². The molecule has 0 aliphatic heterocycles. The number of nitrogens with one attached hydrogen (secondary N) is 2. The number of hydrogen-bond acceptors (Lipinski definition) is 4. The van der Waals surface area contributed by atoms with Crippen LogP contribution in [0.3, 0.4) is 0 Å². The maximum Gasteiger partial charge on any atom is 0.258 e. The van der Waals surface area contributed by atoms with E-state index < -0.39 is 0 Å². The van der Waals surface area contributed by atoms with Gasteiger partial charge in [0.2, 0.25) is 0 Å². The molecule has 0 unspecified atom stereocenters. The van der Waals surface area contributed by atoms with Gasteiger partial charge in [0.25, 0.3) is 5.91 Å². The van der Waals surface area contributed by atoms with Gasteiger partial charge < -0.3 is 20.1 Å². The van der Waals surface area contributed by atoms with E-state index >= 15 is 0 Å². The third-order valence-corrected chi connectivity index (χ3v) is 7.33. The van der Waals surface area contributed by atoms with Crippen LogP contribution in [0.15, 0.2) is 12.1 Å². The predicted octanol–water partition coefficient (Wildman–Crippen LogP) is 5.09. The normalized spacial score (nSPS) is 29.1. The van der Waals surface area contributed by atoms with E-state index in [1.54, 1.807) is 6.07 Å². The highest BCUT2D eigenvalue weighted by Crippen LogP contribution is 2.55. The Balaban J connectivity index is 1.43. The van der Waals surface area contributed by atoms with Crippen molar-refractivity contribution in [2.75, 3.05) is 13.2 Å². The number of carbonyl (C=O) groups is 1. The predicted molar refractivity (Wildman–Crippen MR) is 124 cm³/mol. The molecule has 4 saturated carbocycles. The maximum atomic E-state index is 12.1. The molecule has 0 saturated heterocycles. The van der Waals surface area contributed by atoms with Crippen LogP contribution in [0.4, 0.5) is 0 Å². The smallest absolute Gasteiger partial charge is 0.258 e. The van der Waals surface area contributed by atoms with Gasteiger partial charge in [0.1, 0.15) is 0 Å². The molecule has 4 fully saturated rings. The molecule has 31 heavy (non-hydrogen) atoms. The lowest BCUT2D eigenvalue weighted by atomic mass is 9.53. The van der Waals surface area contributed by atoms with Crippen molar-refractivity contribution in [2.45, 2.75) is 83.8 Å². The summed E-state index contributed by atoms with van der Waals surface area (Å²) < 4.78 is 11.6. The van der Waals surface area contributed by atoms with Crippen LogP contribution in [0.1, 0.15) is 71.8 Å². The van der Waals surface area contributed by atoms with Crippen LogP contribution in [-0.4, -0.2) is 30.2 Å². The molecule has 1 aromatic rings. The first-order valence-corrected chi connectivity index (χ1v) is 12.2. The minimum Gasteiger partial charge on any atom is -0.490 e. The van der Waals surface area contributed by atoms with Gasteiger partial charge in [-0.05, 0) is 95.6 Å². The molecule has 0 radical (unpaired) electrons. The fourth-order valence-electron chi connectivity index (χ4n) is 6.30. The fourth-order valence-corrected chi connectivity index (χ4v) is 6.52. The van der Waals surface area contributed by atoms with Crippen molar-refractivity contribution in [3.63, 3.8) is 0 Å². The van der Waals surface area contributed by atoms with E-state index in [4.69, 9.17) is 21.1 Å². The minimum atomic E-state index is -0.298. The molecule has 0 atom stereocenters. The third-order valence-electron chi connectivity index (χ3n) is 6.98. The largest absolute Gasteiger partial charge is 0.490 e. The topological polar surface area (TPSA) is 59.6 Å². The van der Waals surface area contributed by atoms with Crippen LogP contribution >= 0.6 is 11.6 Å². The summed E-state index contributed by atoms with van der Waals surface area (Å²) in [5, 5.41) is 7.45. The molecule has 2 N–H and O–H groups in total. The fraction of sp³-hybridized carbons (Fsp3) is 0.720. The van der Waals surface area contributed by atoms with Crippen LogP contribution < -0.4 is 20.1 Å². The van der Waals surface area contributed by atoms with Gasteiger partial charge in [-0.2, -0.15) is 0 Å². The highest BCUT2D eigenvalue weighted by atomic mass is 35.5. The lowest BCUT2D eigenvalue weighted by Crippen LogP contribution is -2.58. The Morgan fingerprint density at radius 1 is 1.06 bits per heavy atom. The lowest BCUT2D eigenvalue weighted by Gasteiger charge is -2.57. The number of halogens is 1. The molecule has 1 amide bonds. The molecule has 0 heterocycles. The van der Waals surface area contributed by atoms with Crippen molar-refractivity contribution in [2.24, 2.45) is 17.8 Å². The molecule has 6 heteroatoms. The summed E-state index contributed by atoms with van der Waals surface area (Å²) in [5.74, 6) is 3.69. The number of rotatable bonds is 8. The summed E-state index contributed by atoms with van der Waals surface area (Å²) in [6, 6.07) is 3.75. The zero-order valence-electron chi connectivity index (χ0n) is 19.4. The molecular formula is C25H37ClN2O3. The van der Waals surface area contributed by atoms with Crippen molar-refractivity contribution in [3.05, 3.63) is 22.7 Å². The molecule has 0 aromatic heterocycles. The number of benzene rings is 1. The molecule has 172 valence electrons. The van der Waals surface area contributed by atoms with E-state index in [-0.39, 0.29) is 23.6 Å². The van der Waals surface area contributed by atoms with Gasteiger partial charge in [-0.1, -0.05) is 11.6 Å². The molecule has 5 nitrogen and oxygen atoms in total. The standard InChI is InChI=1S/C25H37ClN2O3/c1-5-30-21-9-19(20(26)10-22(21)31-15-23(29)28-24(2,3)4)14-27-25-11-16-6-17(12-25)8-18(7-16)13-25/h9-10,16-18,27H,5-8,11-15H2,1-4H3,(H,28,29). The molecule has 0 spiro atoms. The van der Waals surface area contributed by atoms with E-state index in [1.165, 1.54) is 38.5 Å². The van der Waals surface area contributed by atoms with Crippen LogP contribution in [-0.2, 0) is 11.3 Å². The Bertz CT molecular complexity index is 782. The Hall–Kier alpha value is -1.46. The maximum absolute atomic E-state index is 12.1. The van der Waals surface area contributed by atoms with Gasteiger partial charge in [-0.15, -0.1) is 0 Å². The summed E-state index contributed by atoms with van der Waals surface area (Å²) in [7, 11) is 0. The van der Waals surface area contributed by atoms with Gasteiger partial charge in [0, 0.05) is 28.7 Å². The summed E-state index contributed by atoms with van der Waals surface area (Å²) in [4.78, 5) is 12.1. The van der Waals surface area contributed by atoms with E-state index in [1.807, 2.05) is 33.8 Å². The third kappa shape index (κ3) is 5.48. The summed E-state index contributed by atoms with van der Waals surface area (Å²) in [6.07, 6.45) is 8.22. The van der Waals surface area contributed by atoms with Crippen LogP contribution in [0, 0.1) is 17.8 Å². The molecule has 4 aliphatic carbocycles. The van der Waals surface area contributed by atoms with Crippen molar-refractivity contribution in [3.8, 4) is 11.5 Å². The van der Waals surface area contributed by atoms with Crippen molar-refractivity contribution < 1.29 is 14.3 Å². The van der Waals surface area contributed by atoms with Crippen LogP contribution in [0.25, 0.3) is 0 Å². The number of hydrogen-bond donors (Lipinski definition) is 2. The zero-order valence-corrected chi connectivity index (χ0v) is 20.1. The Labute approximate surface area is 191 Å². The average molecular weight is 449 g/mol. The summed E-state index contributed by atoms with van der Waals surface area (Å²) in [6.45, 7) is 8.96. The quantitative estimate of drug-likeness (QED) is 0.581. The Morgan fingerprint density at radius 3 is 2.19 bits per heavy atom. The Kier molecular flexibility index (Phi) is 6.47. The SMILES string of the molecule is CCOc1cc(CNC23CC4CC(CC(C4)C2)C3)c(Cl)cc1OCC(=O)NC(C)(C)C. The first-order chi connectivity index (χ1) is 14.6. The zero-order chi connectivity index (χ0) is 22.2. The van der Waals surface area contributed by atoms with E-state index in [2.05, 4.69) is 10.6 Å². The van der Waals surface area contributed by atoms with Gasteiger partial charge in [0.05, 0.1) is 6.61 Å². The highest BCUT2D eigenvalue weighted by Gasteiger charge is 2.50. The second-order valence-electron chi connectivity index (χ2n) is 11.0.